The summed E-state index contributed by atoms with van der Waals surface area (Å²) >= 11 is 0. The lowest BCUT2D eigenvalue weighted by Crippen LogP contribution is -2.22. The Bertz CT molecular complexity index is 459. The SMILES string of the molecule is CC(C)c1cccc(C(C)(C)C2CC2)c1C#N. The van der Waals surface area contributed by atoms with Crippen molar-refractivity contribution in [3.63, 3.8) is 0 Å². The van der Waals surface area contributed by atoms with E-state index >= 15 is 0 Å². The lowest BCUT2D eigenvalue weighted by molar-refractivity contribution is 0.452. The lowest BCUT2D eigenvalue weighted by Gasteiger charge is -2.27. The Labute approximate surface area is 104 Å². The number of hydrogen-bond acceptors (Lipinski definition) is 1. The van der Waals surface area contributed by atoms with Gasteiger partial charge >= 0.3 is 0 Å². The molecule has 2 rings (SSSR count). The van der Waals surface area contributed by atoms with E-state index in [1.54, 1.807) is 0 Å². The summed E-state index contributed by atoms with van der Waals surface area (Å²) in [4.78, 5) is 0. The molecule has 1 aliphatic carbocycles. The highest BCUT2D eigenvalue weighted by molar-refractivity contribution is 5.49. The van der Waals surface area contributed by atoms with Gasteiger partial charge in [0, 0.05) is 0 Å². The average molecular weight is 227 g/mol. The number of hydrogen-bond donors (Lipinski definition) is 0. The molecule has 0 N–H and O–H groups in total. The fourth-order valence-corrected chi connectivity index (χ4v) is 2.74. The van der Waals surface area contributed by atoms with Crippen LogP contribution in [0, 0.1) is 17.2 Å². The van der Waals surface area contributed by atoms with E-state index in [0.717, 1.165) is 11.5 Å². The highest BCUT2D eigenvalue weighted by Crippen LogP contribution is 2.48. The zero-order chi connectivity index (χ0) is 12.6. The Morgan fingerprint density at radius 1 is 1.29 bits per heavy atom. The first kappa shape index (κ1) is 12.2. The molecule has 0 atom stereocenters. The summed E-state index contributed by atoms with van der Waals surface area (Å²) in [5, 5.41) is 9.46. The summed E-state index contributed by atoms with van der Waals surface area (Å²) in [7, 11) is 0. The Hall–Kier alpha value is -1.29. The van der Waals surface area contributed by atoms with Crippen LogP contribution < -0.4 is 0 Å². The van der Waals surface area contributed by atoms with Crippen LogP contribution in [0.2, 0.25) is 0 Å². The van der Waals surface area contributed by atoms with Crippen LogP contribution >= 0.6 is 0 Å². The van der Waals surface area contributed by atoms with Gasteiger partial charge in [0.25, 0.3) is 0 Å². The Kier molecular flexibility index (Phi) is 3.00. The molecule has 0 amide bonds. The number of rotatable bonds is 3. The average Bonchev–Trinajstić information content (AvgIpc) is 3.11. The van der Waals surface area contributed by atoms with E-state index in [2.05, 4.69) is 52.0 Å². The van der Waals surface area contributed by atoms with Gasteiger partial charge in [-0.05, 0) is 41.2 Å². The van der Waals surface area contributed by atoms with Crippen molar-refractivity contribution in [3.05, 3.63) is 34.9 Å². The largest absolute Gasteiger partial charge is 0.192 e. The molecular weight excluding hydrogens is 206 g/mol. The molecule has 0 aromatic heterocycles. The van der Waals surface area contributed by atoms with Gasteiger partial charge in [-0.25, -0.2) is 0 Å². The molecule has 1 fully saturated rings. The molecule has 0 aliphatic heterocycles. The van der Waals surface area contributed by atoms with Crippen LogP contribution in [-0.4, -0.2) is 0 Å². The molecule has 0 heterocycles. The van der Waals surface area contributed by atoms with Gasteiger partial charge in [0.1, 0.15) is 0 Å². The smallest absolute Gasteiger partial charge is 0.0997 e. The van der Waals surface area contributed by atoms with Crippen molar-refractivity contribution in [2.75, 3.05) is 0 Å². The van der Waals surface area contributed by atoms with E-state index in [4.69, 9.17) is 0 Å². The minimum atomic E-state index is 0.149. The Morgan fingerprint density at radius 3 is 2.41 bits per heavy atom. The first-order valence-electron chi connectivity index (χ1n) is 6.52. The van der Waals surface area contributed by atoms with Gasteiger partial charge in [0.15, 0.2) is 0 Å². The molecule has 1 saturated carbocycles. The van der Waals surface area contributed by atoms with E-state index in [1.165, 1.54) is 24.0 Å². The third kappa shape index (κ3) is 2.09. The minimum absolute atomic E-state index is 0.149. The molecule has 0 saturated heterocycles. The van der Waals surface area contributed by atoms with Gasteiger partial charge in [-0.15, -0.1) is 0 Å². The van der Waals surface area contributed by atoms with Crippen LogP contribution in [-0.2, 0) is 5.41 Å². The second-order valence-corrected chi connectivity index (χ2v) is 6.03. The third-order valence-electron chi connectivity index (χ3n) is 4.12. The minimum Gasteiger partial charge on any atom is -0.192 e. The van der Waals surface area contributed by atoms with Crippen molar-refractivity contribution in [3.8, 4) is 6.07 Å². The van der Waals surface area contributed by atoms with E-state index in [1.807, 2.05) is 0 Å². The zero-order valence-corrected chi connectivity index (χ0v) is 11.2. The van der Waals surface area contributed by atoms with Crippen LogP contribution in [0.25, 0.3) is 0 Å². The summed E-state index contributed by atoms with van der Waals surface area (Å²) in [6.07, 6.45) is 2.62. The second kappa shape index (κ2) is 4.18. The maximum absolute atomic E-state index is 9.46. The molecule has 90 valence electrons. The van der Waals surface area contributed by atoms with Crippen LogP contribution in [0.4, 0.5) is 0 Å². The number of benzene rings is 1. The predicted octanol–water partition coefficient (Wildman–Crippen LogP) is 4.37. The maximum atomic E-state index is 9.46. The first-order chi connectivity index (χ1) is 7.98. The standard InChI is InChI=1S/C16H21N/c1-11(2)13-6-5-7-15(14(13)10-17)16(3,4)12-8-9-12/h5-7,11-12H,8-9H2,1-4H3. The number of nitrogens with zero attached hydrogens (tertiary/aromatic N) is 1. The second-order valence-electron chi connectivity index (χ2n) is 6.03. The topological polar surface area (TPSA) is 23.8 Å². The molecule has 17 heavy (non-hydrogen) atoms. The van der Waals surface area contributed by atoms with Crippen molar-refractivity contribution in [1.82, 2.24) is 0 Å². The highest BCUT2D eigenvalue weighted by atomic mass is 14.4. The van der Waals surface area contributed by atoms with Gasteiger partial charge in [0.2, 0.25) is 0 Å². The monoisotopic (exact) mass is 227 g/mol. The quantitative estimate of drug-likeness (QED) is 0.752. The third-order valence-corrected chi connectivity index (χ3v) is 4.12. The summed E-state index contributed by atoms with van der Waals surface area (Å²) in [6, 6.07) is 8.78. The van der Waals surface area contributed by atoms with Crippen LogP contribution in [0.15, 0.2) is 18.2 Å². The van der Waals surface area contributed by atoms with Crippen molar-refractivity contribution in [1.29, 1.82) is 5.26 Å². The Morgan fingerprint density at radius 2 is 1.94 bits per heavy atom. The molecule has 0 radical (unpaired) electrons. The van der Waals surface area contributed by atoms with E-state index in [0.29, 0.717) is 5.92 Å². The highest BCUT2D eigenvalue weighted by Gasteiger charge is 2.40. The van der Waals surface area contributed by atoms with Crippen LogP contribution in [0.5, 0.6) is 0 Å². The summed E-state index contributed by atoms with van der Waals surface area (Å²) in [6.45, 7) is 8.88. The van der Waals surface area contributed by atoms with Gasteiger partial charge < -0.3 is 0 Å². The molecule has 1 aliphatic rings. The summed E-state index contributed by atoms with van der Waals surface area (Å²) in [5.74, 6) is 1.18. The molecule has 1 heteroatoms. The molecule has 0 bridgehead atoms. The van der Waals surface area contributed by atoms with Gasteiger partial charge in [-0.2, -0.15) is 5.26 Å². The van der Waals surface area contributed by atoms with Crippen molar-refractivity contribution in [2.24, 2.45) is 5.92 Å². The zero-order valence-electron chi connectivity index (χ0n) is 11.2. The molecule has 1 aromatic rings. The molecular formula is C16H21N. The van der Waals surface area contributed by atoms with E-state index < -0.39 is 0 Å². The van der Waals surface area contributed by atoms with Crippen molar-refractivity contribution >= 4 is 0 Å². The van der Waals surface area contributed by atoms with Gasteiger partial charge in [0.05, 0.1) is 11.6 Å². The predicted molar refractivity (Wildman–Crippen MR) is 71.0 cm³/mol. The summed E-state index contributed by atoms with van der Waals surface area (Å²) < 4.78 is 0. The number of nitriles is 1. The Balaban J connectivity index is 2.54. The van der Waals surface area contributed by atoms with Crippen LogP contribution in [0.1, 0.15) is 63.1 Å². The lowest BCUT2D eigenvalue weighted by atomic mass is 9.76. The first-order valence-corrected chi connectivity index (χ1v) is 6.52. The van der Waals surface area contributed by atoms with Crippen molar-refractivity contribution in [2.45, 2.75) is 51.9 Å². The molecule has 0 unspecified atom stereocenters. The normalized spacial score (nSPS) is 16.0. The summed E-state index contributed by atoms with van der Waals surface area (Å²) in [5.41, 5.74) is 3.50. The van der Waals surface area contributed by atoms with Gasteiger partial charge in [-0.3, -0.25) is 0 Å². The van der Waals surface area contributed by atoms with Crippen LogP contribution in [0.3, 0.4) is 0 Å². The molecule has 1 nitrogen and oxygen atoms in total. The van der Waals surface area contributed by atoms with E-state index in [-0.39, 0.29) is 5.41 Å². The fourth-order valence-electron chi connectivity index (χ4n) is 2.74. The van der Waals surface area contributed by atoms with Crippen molar-refractivity contribution < 1.29 is 0 Å². The fraction of sp³-hybridized carbons (Fsp3) is 0.562. The molecule has 0 spiro atoms. The van der Waals surface area contributed by atoms with E-state index in [9.17, 15) is 5.26 Å². The maximum Gasteiger partial charge on any atom is 0.0997 e. The van der Waals surface area contributed by atoms with Gasteiger partial charge in [-0.1, -0.05) is 45.9 Å². The molecule has 1 aromatic carbocycles.